The summed E-state index contributed by atoms with van der Waals surface area (Å²) >= 11 is 7.99. The summed E-state index contributed by atoms with van der Waals surface area (Å²) in [4.78, 5) is 6.32. The lowest BCUT2D eigenvalue weighted by Crippen LogP contribution is -1.97. The van der Waals surface area contributed by atoms with Crippen LogP contribution < -0.4 is 0 Å². The molecule has 1 aliphatic rings. The zero-order valence-electron chi connectivity index (χ0n) is 11.5. The topological polar surface area (TPSA) is 12.9 Å². The van der Waals surface area contributed by atoms with Crippen molar-refractivity contribution in [2.75, 3.05) is 0 Å². The Kier molecular flexibility index (Phi) is 3.18. The maximum atomic E-state index is 6.11. The van der Waals surface area contributed by atoms with Gasteiger partial charge in [0.2, 0.25) is 0 Å². The average Bonchev–Trinajstić information content (AvgIpc) is 2.94. The minimum absolute atomic E-state index is 0.338. The fourth-order valence-corrected chi connectivity index (χ4v) is 3.71. The van der Waals surface area contributed by atoms with E-state index in [1.807, 2.05) is 29.5 Å². The first kappa shape index (κ1) is 13.1. The minimum atomic E-state index is 0.338. The van der Waals surface area contributed by atoms with Gasteiger partial charge in [-0.1, -0.05) is 44.5 Å². The maximum absolute atomic E-state index is 6.11. The molecule has 0 radical (unpaired) electrons. The fraction of sp³-hybridized carbons (Fsp3) is 0.438. The van der Waals surface area contributed by atoms with Gasteiger partial charge < -0.3 is 0 Å². The van der Waals surface area contributed by atoms with Crippen LogP contribution in [0.1, 0.15) is 49.4 Å². The van der Waals surface area contributed by atoms with E-state index in [0.717, 1.165) is 16.3 Å². The largest absolute Gasteiger partial charge is 0.240 e. The van der Waals surface area contributed by atoms with Crippen LogP contribution in [0.2, 0.25) is 5.02 Å². The third-order valence-electron chi connectivity index (χ3n) is 3.79. The minimum Gasteiger partial charge on any atom is -0.240 e. The molecule has 1 aromatic carbocycles. The molecule has 1 nitrogen and oxygen atoms in total. The first-order valence-corrected chi connectivity index (χ1v) is 7.96. The average molecular weight is 292 g/mol. The van der Waals surface area contributed by atoms with E-state index in [0.29, 0.717) is 11.3 Å². The number of halogens is 1. The highest BCUT2D eigenvalue weighted by atomic mass is 35.5. The van der Waals surface area contributed by atoms with Crippen molar-refractivity contribution in [2.24, 2.45) is 0 Å². The maximum Gasteiger partial charge on any atom is 0.0994 e. The summed E-state index contributed by atoms with van der Waals surface area (Å²) in [5, 5.41) is 2.07. The lowest BCUT2D eigenvalue weighted by atomic mass is 10.1. The zero-order valence-corrected chi connectivity index (χ0v) is 13.1. The van der Waals surface area contributed by atoms with Gasteiger partial charge >= 0.3 is 0 Å². The smallest absolute Gasteiger partial charge is 0.0994 e. The van der Waals surface area contributed by atoms with Crippen LogP contribution in [0.15, 0.2) is 24.3 Å². The summed E-state index contributed by atoms with van der Waals surface area (Å²) in [6.07, 6.45) is 2.54. The predicted octanol–water partition coefficient (Wildman–Crippen LogP) is 5.64. The molecule has 0 atom stereocenters. The summed E-state index contributed by atoms with van der Waals surface area (Å²) in [6, 6.07) is 8.03. The molecule has 3 heteroatoms. The van der Waals surface area contributed by atoms with Gasteiger partial charge in [-0.05, 0) is 30.9 Å². The number of aromatic nitrogens is 1. The van der Waals surface area contributed by atoms with Gasteiger partial charge in [0.05, 0.1) is 10.7 Å². The van der Waals surface area contributed by atoms with Gasteiger partial charge in [0.15, 0.2) is 0 Å². The van der Waals surface area contributed by atoms with Gasteiger partial charge in [0, 0.05) is 20.9 Å². The Labute approximate surface area is 123 Å². The van der Waals surface area contributed by atoms with E-state index in [1.54, 1.807) is 0 Å². The third kappa shape index (κ3) is 2.44. The highest BCUT2D eigenvalue weighted by molar-refractivity contribution is 7.12. The van der Waals surface area contributed by atoms with Gasteiger partial charge in [0.25, 0.3) is 0 Å². The molecule has 1 heterocycles. The lowest BCUT2D eigenvalue weighted by molar-refractivity contribution is 0.777. The van der Waals surface area contributed by atoms with Crippen molar-refractivity contribution < 1.29 is 0 Å². The fourth-order valence-electron chi connectivity index (χ4n) is 2.23. The number of rotatable bonds is 3. The molecular formula is C16H18ClNS. The summed E-state index contributed by atoms with van der Waals surface area (Å²) < 4.78 is 0. The van der Waals surface area contributed by atoms with Crippen LogP contribution in [0.25, 0.3) is 11.3 Å². The summed E-state index contributed by atoms with van der Waals surface area (Å²) in [7, 11) is 0. The Morgan fingerprint density at radius 3 is 2.63 bits per heavy atom. The van der Waals surface area contributed by atoms with Gasteiger partial charge in [-0.3, -0.25) is 0 Å². The van der Waals surface area contributed by atoms with Gasteiger partial charge in [-0.15, -0.1) is 11.3 Å². The van der Waals surface area contributed by atoms with Crippen LogP contribution in [0.5, 0.6) is 0 Å². The molecule has 1 fully saturated rings. The molecule has 1 aliphatic carbocycles. The Morgan fingerprint density at radius 2 is 2.05 bits per heavy atom. The number of hydrogen-bond acceptors (Lipinski definition) is 2. The quantitative estimate of drug-likeness (QED) is 0.713. The van der Waals surface area contributed by atoms with E-state index < -0.39 is 0 Å². The molecule has 1 aromatic heterocycles. The molecule has 0 unspecified atom stereocenters. The van der Waals surface area contributed by atoms with Crippen molar-refractivity contribution in [1.82, 2.24) is 4.98 Å². The van der Waals surface area contributed by atoms with Gasteiger partial charge in [-0.25, -0.2) is 4.98 Å². The molecule has 1 saturated carbocycles. The highest BCUT2D eigenvalue weighted by Gasteiger charge is 2.42. The molecule has 0 bridgehead atoms. The molecule has 19 heavy (non-hydrogen) atoms. The molecular weight excluding hydrogens is 274 g/mol. The van der Waals surface area contributed by atoms with Crippen molar-refractivity contribution in [3.63, 3.8) is 0 Å². The van der Waals surface area contributed by atoms with Crippen LogP contribution >= 0.6 is 22.9 Å². The second kappa shape index (κ2) is 4.60. The van der Waals surface area contributed by atoms with E-state index in [1.165, 1.54) is 22.7 Å². The first-order valence-electron chi connectivity index (χ1n) is 6.77. The van der Waals surface area contributed by atoms with E-state index in [4.69, 9.17) is 16.6 Å². The number of nitrogens with zero attached hydrogens (tertiary/aromatic N) is 1. The molecule has 0 spiro atoms. The Hall–Kier alpha value is -0.860. The standard InChI is InChI=1S/C16H18ClNS/c1-10(2)14-13(11-5-4-6-12(17)9-11)18-15(19-14)16(3)7-8-16/h4-6,9-10H,7-8H2,1-3H3. The van der Waals surface area contributed by atoms with Crippen LogP contribution in [0, 0.1) is 0 Å². The Morgan fingerprint density at radius 1 is 1.32 bits per heavy atom. The molecule has 2 aromatic rings. The van der Waals surface area contributed by atoms with E-state index in [-0.39, 0.29) is 0 Å². The SMILES string of the molecule is CC(C)c1sc(C2(C)CC2)nc1-c1cccc(Cl)c1. The Bertz CT molecular complexity index is 611. The van der Waals surface area contributed by atoms with Crippen LogP contribution in [0.4, 0.5) is 0 Å². The molecule has 3 rings (SSSR count). The van der Waals surface area contributed by atoms with E-state index in [2.05, 4.69) is 26.8 Å². The van der Waals surface area contributed by atoms with Crippen molar-refractivity contribution in [1.29, 1.82) is 0 Å². The summed E-state index contributed by atoms with van der Waals surface area (Å²) in [6.45, 7) is 6.79. The monoisotopic (exact) mass is 291 g/mol. The third-order valence-corrected chi connectivity index (χ3v) is 5.69. The van der Waals surface area contributed by atoms with Crippen molar-refractivity contribution in [3.05, 3.63) is 39.2 Å². The number of benzene rings is 1. The first-order chi connectivity index (χ1) is 8.99. The zero-order chi connectivity index (χ0) is 13.6. The molecule has 0 amide bonds. The highest BCUT2D eigenvalue weighted by Crippen LogP contribution is 2.51. The molecule has 100 valence electrons. The van der Waals surface area contributed by atoms with Crippen molar-refractivity contribution in [2.45, 2.75) is 44.9 Å². The second-order valence-corrected chi connectivity index (χ2v) is 7.42. The summed E-state index contributed by atoms with van der Waals surface area (Å²) in [5.41, 5.74) is 2.61. The van der Waals surface area contributed by atoms with E-state index >= 15 is 0 Å². The van der Waals surface area contributed by atoms with Crippen LogP contribution in [0.3, 0.4) is 0 Å². The van der Waals surface area contributed by atoms with Crippen molar-refractivity contribution in [3.8, 4) is 11.3 Å². The Balaban J connectivity index is 2.11. The lowest BCUT2D eigenvalue weighted by Gasteiger charge is -2.05. The number of thiazole rings is 1. The van der Waals surface area contributed by atoms with Gasteiger partial charge in [-0.2, -0.15) is 0 Å². The molecule has 0 N–H and O–H groups in total. The summed E-state index contributed by atoms with van der Waals surface area (Å²) in [5.74, 6) is 0.502. The molecule has 0 saturated heterocycles. The van der Waals surface area contributed by atoms with Crippen LogP contribution in [-0.2, 0) is 5.41 Å². The molecule has 0 aliphatic heterocycles. The van der Waals surface area contributed by atoms with Gasteiger partial charge in [0.1, 0.15) is 0 Å². The number of hydrogen-bond donors (Lipinski definition) is 0. The van der Waals surface area contributed by atoms with E-state index in [9.17, 15) is 0 Å². The van der Waals surface area contributed by atoms with Crippen LogP contribution in [-0.4, -0.2) is 4.98 Å². The predicted molar refractivity (Wildman–Crippen MR) is 83.2 cm³/mol. The van der Waals surface area contributed by atoms with Crippen molar-refractivity contribution >= 4 is 22.9 Å². The normalized spacial score (nSPS) is 16.9. The second-order valence-electron chi connectivity index (χ2n) is 5.96.